The monoisotopic (exact) mass is 490 g/mol. The van der Waals surface area contributed by atoms with Crippen LogP contribution in [0, 0.1) is 6.92 Å². The fourth-order valence-corrected chi connectivity index (χ4v) is 3.60. The second-order valence-electron chi connectivity index (χ2n) is 7.58. The molecule has 0 saturated carbocycles. The first-order valence-electron chi connectivity index (χ1n) is 10.4. The van der Waals surface area contributed by atoms with Crippen molar-refractivity contribution in [1.29, 1.82) is 0 Å². The molecule has 1 aliphatic heterocycles. The van der Waals surface area contributed by atoms with E-state index in [2.05, 4.69) is 10.1 Å². The van der Waals surface area contributed by atoms with Crippen molar-refractivity contribution in [3.63, 3.8) is 0 Å². The van der Waals surface area contributed by atoms with Crippen molar-refractivity contribution < 1.29 is 28.7 Å². The van der Waals surface area contributed by atoms with Crippen LogP contribution in [0.15, 0.2) is 83.5 Å². The molecule has 0 unspecified atom stereocenters. The summed E-state index contributed by atoms with van der Waals surface area (Å²) in [6.07, 6.45) is 0. The molecule has 1 aliphatic rings. The molecule has 8 nitrogen and oxygen atoms in total. The minimum absolute atomic E-state index is 0.0563. The number of carbonyl (C=O) groups excluding carboxylic acids is 4. The van der Waals surface area contributed by atoms with Gasteiger partial charge in [0.25, 0.3) is 11.8 Å². The van der Waals surface area contributed by atoms with Gasteiger partial charge in [-0.05, 0) is 73.2 Å². The number of imide groups is 1. The molecule has 0 fully saturated rings. The van der Waals surface area contributed by atoms with E-state index in [4.69, 9.17) is 16.3 Å². The average molecular weight is 491 g/mol. The van der Waals surface area contributed by atoms with Gasteiger partial charge in [0, 0.05) is 5.69 Å². The van der Waals surface area contributed by atoms with Gasteiger partial charge in [-0.25, -0.2) is 14.5 Å². The van der Waals surface area contributed by atoms with Crippen LogP contribution in [0.2, 0.25) is 0 Å². The maximum Gasteiger partial charge on any atom is 0.343 e. The van der Waals surface area contributed by atoms with E-state index >= 15 is 0 Å². The summed E-state index contributed by atoms with van der Waals surface area (Å²) in [7, 11) is 1.28. The molecule has 176 valence electrons. The highest BCUT2D eigenvalue weighted by atomic mass is 35.5. The SMILES string of the molecule is COC(=O)c1ccc(OC(=O)c2ccc(NC3=C(Cl)C(=O)N(c4cccc(C)c4)C3=O)cc2)cc1. The molecule has 2 amide bonds. The predicted molar refractivity (Wildman–Crippen MR) is 129 cm³/mol. The molecule has 0 radical (unpaired) electrons. The fourth-order valence-electron chi connectivity index (χ4n) is 3.39. The van der Waals surface area contributed by atoms with Crippen LogP contribution in [-0.4, -0.2) is 30.9 Å². The van der Waals surface area contributed by atoms with Gasteiger partial charge in [0.2, 0.25) is 0 Å². The number of hydrogen-bond donors (Lipinski definition) is 1. The Morgan fingerprint density at radius 2 is 1.49 bits per heavy atom. The van der Waals surface area contributed by atoms with Crippen LogP contribution in [-0.2, 0) is 14.3 Å². The number of nitrogens with zero attached hydrogens (tertiary/aromatic N) is 1. The minimum atomic E-state index is -0.622. The van der Waals surface area contributed by atoms with Crippen molar-refractivity contribution in [2.75, 3.05) is 17.3 Å². The maximum absolute atomic E-state index is 12.9. The first-order valence-corrected chi connectivity index (χ1v) is 10.8. The van der Waals surface area contributed by atoms with E-state index in [1.165, 1.54) is 43.5 Å². The van der Waals surface area contributed by atoms with E-state index in [0.717, 1.165) is 10.5 Å². The van der Waals surface area contributed by atoms with Gasteiger partial charge in [-0.1, -0.05) is 23.7 Å². The van der Waals surface area contributed by atoms with Gasteiger partial charge in [0.15, 0.2) is 0 Å². The number of ether oxygens (including phenoxy) is 2. The summed E-state index contributed by atoms with van der Waals surface area (Å²) >= 11 is 6.17. The number of anilines is 2. The van der Waals surface area contributed by atoms with Gasteiger partial charge >= 0.3 is 11.9 Å². The molecule has 0 saturated heterocycles. The summed E-state index contributed by atoms with van der Waals surface area (Å²) in [5.41, 5.74) is 2.29. The smallest absolute Gasteiger partial charge is 0.343 e. The van der Waals surface area contributed by atoms with Crippen LogP contribution in [0.3, 0.4) is 0 Å². The Bertz CT molecular complexity index is 1360. The number of halogens is 1. The second kappa shape index (κ2) is 9.82. The van der Waals surface area contributed by atoms with Crippen LogP contribution in [0.25, 0.3) is 0 Å². The van der Waals surface area contributed by atoms with Gasteiger partial charge in [-0.2, -0.15) is 0 Å². The third-order valence-electron chi connectivity index (χ3n) is 5.16. The number of aryl methyl sites for hydroxylation is 1. The summed E-state index contributed by atoms with van der Waals surface area (Å²) < 4.78 is 9.95. The molecule has 0 bridgehead atoms. The summed E-state index contributed by atoms with van der Waals surface area (Å²) in [5, 5.41) is 2.64. The lowest BCUT2D eigenvalue weighted by Crippen LogP contribution is -2.32. The molecule has 3 aromatic rings. The average Bonchev–Trinajstić information content (AvgIpc) is 3.07. The second-order valence-corrected chi connectivity index (χ2v) is 7.96. The molecular weight excluding hydrogens is 472 g/mol. The van der Waals surface area contributed by atoms with Crippen molar-refractivity contribution in [3.05, 3.63) is 100 Å². The molecule has 1 N–H and O–H groups in total. The normalized spacial score (nSPS) is 13.2. The van der Waals surface area contributed by atoms with Crippen LogP contribution >= 0.6 is 11.6 Å². The number of nitrogens with one attached hydrogen (secondary N) is 1. The van der Waals surface area contributed by atoms with Gasteiger partial charge in [-0.15, -0.1) is 0 Å². The van der Waals surface area contributed by atoms with Crippen molar-refractivity contribution in [2.24, 2.45) is 0 Å². The standard InChI is InChI=1S/C26H19ClN2O6/c1-15-4-3-5-19(14-15)29-23(30)21(27)22(24(29)31)28-18-10-6-17(7-11-18)26(33)35-20-12-8-16(9-13-20)25(32)34-2/h3-14,28H,1-2H3. The predicted octanol–water partition coefficient (Wildman–Crippen LogP) is 4.44. The van der Waals surface area contributed by atoms with Crippen LogP contribution < -0.4 is 15.0 Å². The lowest BCUT2D eigenvalue weighted by Gasteiger charge is -2.15. The van der Waals surface area contributed by atoms with Gasteiger partial charge in [0.05, 0.1) is 23.9 Å². The number of rotatable bonds is 6. The van der Waals surface area contributed by atoms with Crippen molar-refractivity contribution in [2.45, 2.75) is 6.92 Å². The van der Waals surface area contributed by atoms with Gasteiger partial charge < -0.3 is 14.8 Å². The lowest BCUT2D eigenvalue weighted by molar-refractivity contribution is -0.120. The topological polar surface area (TPSA) is 102 Å². The van der Waals surface area contributed by atoms with E-state index in [-0.39, 0.29) is 22.0 Å². The number of carbonyl (C=O) groups is 4. The van der Waals surface area contributed by atoms with Crippen LogP contribution in [0.5, 0.6) is 5.75 Å². The quantitative estimate of drug-likeness (QED) is 0.309. The Kier molecular flexibility index (Phi) is 6.66. The highest BCUT2D eigenvalue weighted by Gasteiger charge is 2.39. The highest BCUT2D eigenvalue weighted by Crippen LogP contribution is 2.30. The largest absolute Gasteiger partial charge is 0.465 e. The van der Waals surface area contributed by atoms with Crippen molar-refractivity contribution >= 4 is 46.7 Å². The molecule has 0 spiro atoms. The molecule has 0 aliphatic carbocycles. The number of esters is 2. The van der Waals surface area contributed by atoms with Gasteiger partial charge in [-0.3, -0.25) is 9.59 Å². The Balaban J connectivity index is 1.44. The maximum atomic E-state index is 12.9. The number of benzene rings is 3. The van der Waals surface area contributed by atoms with E-state index in [1.54, 1.807) is 30.3 Å². The number of hydrogen-bond acceptors (Lipinski definition) is 7. The molecule has 35 heavy (non-hydrogen) atoms. The summed E-state index contributed by atoms with van der Waals surface area (Å²) in [6.45, 7) is 1.85. The molecule has 1 heterocycles. The zero-order valence-electron chi connectivity index (χ0n) is 18.7. The minimum Gasteiger partial charge on any atom is -0.465 e. The van der Waals surface area contributed by atoms with E-state index in [9.17, 15) is 19.2 Å². The Hall–Kier alpha value is -4.43. The zero-order chi connectivity index (χ0) is 25.1. The van der Waals surface area contributed by atoms with Crippen LogP contribution in [0.1, 0.15) is 26.3 Å². The molecule has 0 atom stereocenters. The van der Waals surface area contributed by atoms with Gasteiger partial charge in [0.1, 0.15) is 16.5 Å². The fraction of sp³-hybridized carbons (Fsp3) is 0.0769. The first-order chi connectivity index (χ1) is 16.8. The Labute approximate surface area is 205 Å². The van der Waals surface area contributed by atoms with Crippen LogP contribution in [0.4, 0.5) is 11.4 Å². The summed E-state index contributed by atoms with van der Waals surface area (Å²) in [5.74, 6) is -2.05. The molecule has 3 aromatic carbocycles. The van der Waals surface area contributed by atoms with Crippen molar-refractivity contribution in [1.82, 2.24) is 0 Å². The summed E-state index contributed by atoms with van der Waals surface area (Å²) in [6, 6.07) is 19.0. The Morgan fingerprint density at radius 3 is 2.11 bits per heavy atom. The van der Waals surface area contributed by atoms with E-state index in [0.29, 0.717) is 16.9 Å². The molecule has 4 rings (SSSR count). The first kappa shape index (κ1) is 23.7. The van der Waals surface area contributed by atoms with E-state index in [1.807, 2.05) is 13.0 Å². The Morgan fingerprint density at radius 1 is 0.857 bits per heavy atom. The zero-order valence-corrected chi connectivity index (χ0v) is 19.5. The highest BCUT2D eigenvalue weighted by molar-refractivity contribution is 6.53. The van der Waals surface area contributed by atoms with E-state index < -0.39 is 23.8 Å². The molecular formula is C26H19ClN2O6. The lowest BCUT2D eigenvalue weighted by atomic mass is 10.2. The molecule has 9 heteroatoms. The summed E-state index contributed by atoms with van der Waals surface area (Å²) in [4.78, 5) is 50.5. The third kappa shape index (κ3) is 4.92. The molecule has 0 aromatic heterocycles. The van der Waals surface area contributed by atoms with Crippen molar-refractivity contribution in [3.8, 4) is 5.75 Å². The number of amides is 2. The number of methoxy groups -OCH3 is 1. The third-order valence-corrected chi connectivity index (χ3v) is 5.51.